The van der Waals surface area contributed by atoms with Crippen molar-refractivity contribution in [2.45, 2.75) is 32.2 Å². The van der Waals surface area contributed by atoms with Gasteiger partial charge in [-0.1, -0.05) is 6.92 Å². The van der Waals surface area contributed by atoms with Gasteiger partial charge in [-0.3, -0.25) is 0 Å². The van der Waals surface area contributed by atoms with Gasteiger partial charge in [0.05, 0.1) is 5.56 Å². The number of carboxylic acid groups (broad SMARTS) is 1. The first-order valence-corrected chi connectivity index (χ1v) is 5.96. The molecule has 1 fully saturated rings. The molecule has 1 saturated carbocycles. The van der Waals surface area contributed by atoms with Gasteiger partial charge in [0.2, 0.25) is 0 Å². The van der Waals surface area contributed by atoms with E-state index in [4.69, 9.17) is 5.11 Å². The fourth-order valence-corrected chi connectivity index (χ4v) is 2.38. The molecule has 2 unspecified atom stereocenters. The van der Waals surface area contributed by atoms with E-state index < -0.39 is 17.6 Å². The number of aromatic carboxylic acids is 1. The quantitative estimate of drug-likeness (QED) is 0.871. The third kappa shape index (κ3) is 2.60. The lowest BCUT2D eigenvalue weighted by molar-refractivity contribution is 0.0696. The highest BCUT2D eigenvalue weighted by molar-refractivity contribution is 5.88. The summed E-state index contributed by atoms with van der Waals surface area (Å²) in [6, 6.07) is 1.73. The van der Waals surface area contributed by atoms with Gasteiger partial charge in [0.15, 0.2) is 0 Å². The van der Waals surface area contributed by atoms with Crippen LogP contribution in [0, 0.1) is 17.6 Å². The molecule has 1 aliphatic carbocycles. The van der Waals surface area contributed by atoms with E-state index in [1.807, 2.05) is 0 Å². The summed E-state index contributed by atoms with van der Waals surface area (Å²) in [7, 11) is 0. The number of carbonyl (C=O) groups is 1. The van der Waals surface area contributed by atoms with Gasteiger partial charge in [-0.15, -0.1) is 0 Å². The van der Waals surface area contributed by atoms with Gasteiger partial charge in [0.25, 0.3) is 0 Å². The van der Waals surface area contributed by atoms with Gasteiger partial charge in [-0.2, -0.15) is 0 Å². The summed E-state index contributed by atoms with van der Waals surface area (Å²) < 4.78 is 27.3. The molecule has 98 valence electrons. The topological polar surface area (TPSA) is 49.3 Å². The zero-order valence-electron chi connectivity index (χ0n) is 10.0. The van der Waals surface area contributed by atoms with Crippen molar-refractivity contribution in [2.24, 2.45) is 5.92 Å². The van der Waals surface area contributed by atoms with Crippen LogP contribution in [0.25, 0.3) is 0 Å². The lowest BCUT2D eigenvalue weighted by Gasteiger charge is -2.15. The minimum atomic E-state index is -1.34. The SMILES string of the molecule is CC1CCC(Nc2c(F)cc(C(=O)O)cc2F)C1. The lowest BCUT2D eigenvalue weighted by atomic mass is 10.1. The Kier molecular flexibility index (Phi) is 3.50. The minimum Gasteiger partial charge on any atom is -0.478 e. The van der Waals surface area contributed by atoms with Gasteiger partial charge in [0, 0.05) is 6.04 Å². The molecule has 3 nitrogen and oxygen atoms in total. The molecule has 0 spiro atoms. The molecule has 18 heavy (non-hydrogen) atoms. The van der Waals surface area contributed by atoms with E-state index in [0.717, 1.165) is 31.4 Å². The Labute approximate surface area is 104 Å². The molecule has 2 atom stereocenters. The molecule has 5 heteroatoms. The van der Waals surface area contributed by atoms with E-state index in [-0.39, 0.29) is 17.3 Å². The maximum absolute atomic E-state index is 13.7. The van der Waals surface area contributed by atoms with Crippen molar-refractivity contribution in [3.05, 3.63) is 29.3 Å². The molecular weight excluding hydrogens is 240 g/mol. The largest absolute Gasteiger partial charge is 0.478 e. The van der Waals surface area contributed by atoms with Crippen LogP contribution in [0.5, 0.6) is 0 Å². The maximum Gasteiger partial charge on any atom is 0.335 e. The van der Waals surface area contributed by atoms with Gasteiger partial charge >= 0.3 is 5.97 Å². The van der Waals surface area contributed by atoms with Crippen LogP contribution in [0.2, 0.25) is 0 Å². The summed E-state index contributed by atoms with van der Waals surface area (Å²) in [6.07, 6.45) is 2.79. The van der Waals surface area contributed by atoms with Crippen LogP contribution in [0.4, 0.5) is 14.5 Å². The summed E-state index contributed by atoms with van der Waals surface area (Å²) >= 11 is 0. The standard InChI is InChI=1S/C13H15F2NO2/c1-7-2-3-9(4-7)16-12-10(14)5-8(13(17)18)6-11(12)15/h5-7,9,16H,2-4H2,1H3,(H,17,18). The van der Waals surface area contributed by atoms with Crippen LogP contribution in [0.1, 0.15) is 36.5 Å². The number of hydrogen-bond donors (Lipinski definition) is 2. The monoisotopic (exact) mass is 255 g/mol. The molecule has 0 heterocycles. The van der Waals surface area contributed by atoms with Crippen molar-refractivity contribution < 1.29 is 18.7 Å². The molecule has 0 radical (unpaired) electrons. The van der Waals surface area contributed by atoms with Crippen molar-refractivity contribution in [3.63, 3.8) is 0 Å². The molecule has 1 aromatic rings. The molecule has 1 aromatic carbocycles. The number of hydrogen-bond acceptors (Lipinski definition) is 2. The second-order valence-corrected chi connectivity index (χ2v) is 4.88. The third-order valence-electron chi connectivity index (χ3n) is 3.33. The van der Waals surface area contributed by atoms with Gasteiger partial charge in [-0.25, -0.2) is 13.6 Å². The first-order valence-electron chi connectivity index (χ1n) is 5.96. The number of anilines is 1. The Morgan fingerprint density at radius 3 is 2.39 bits per heavy atom. The van der Waals surface area contributed by atoms with Gasteiger partial charge in [0.1, 0.15) is 17.3 Å². The molecule has 0 saturated heterocycles. The molecule has 0 amide bonds. The number of rotatable bonds is 3. The number of nitrogens with one attached hydrogen (secondary N) is 1. The number of carboxylic acids is 1. The summed E-state index contributed by atoms with van der Waals surface area (Å²) in [4.78, 5) is 10.7. The average Bonchev–Trinajstić information content (AvgIpc) is 2.69. The second kappa shape index (κ2) is 4.92. The molecular formula is C13H15F2NO2. The predicted molar refractivity (Wildman–Crippen MR) is 63.7 cm³/mol. The summed E-state index contributed by atoms with van der Waals surface area (Å²) in [5.74, 6) is -2.50. The summed E-state index contributed by atoms with van der Waals surface area (Å²) in [5, 5.41) is 11.5. The molecule has 0 aromatic heterocycles. The van der Waals surface area contributed by atoms with E-state index in [0.29, 0.717) is 5.92 Å². The Hall–Kier alpha value is -1.65. The van der Waals surface area contributed by atoms with E-state index in [2.05, 4.69) is 12.2 Å². The van der Waals surface area contributed by atoms with Crippen LogP contribution in [0.3, 0.4) is 0 Å². The Bertz CT molecular complexity index is 453. The van der Waals surface area contributed by atoms with Crippen LogP contribution < -0.4 is 5.32 Å². The normalized spacial score (nSPS) is 23.1. The van der Waals surface area contributed by atoms with Crippen LogP contribution in [0.15, 0.2) is 12.1 Å². The van der Waals surface area contributed by atoms with Crippen molar-refractivity contribution in [3.8, 4) is 0 Å². The Morgan fingerprint density at radius 1 is 1.33 bits per heavy atom. The summed E-state index contributed by atoms with van der Waals surface area (Å²) in [5.41, 5.74) is -0.602. The van der Waals surface area contributed by atoms with E-state index in [1.54, 1.807) is 0 Å². The molecule has 0 aliphatic heterocycles. The minimum absolute atomic E-state index is 0.0553. The Morgan fingerprint density at radius 2 is 1.94 bits per heavy atom. The summed E-state index contributed by atoms with van der Waals surface area (Å²) in [6.45, 7) is 2.10. The highest BCUT2D eigenvalue weighted by Gasteiger charge is 2.24. The van der Waals surface area contributed by atoms with Gasteiger partial charge < -0.3 is 10.4 Å². The maximum atomic E-state index is 13.7. The van der Waals surface area contributed by atoms with E-state index in [9.17, 15) is 13.6 Å². The van der Waals surface area contributed by atoms with Crippen LogP contribution in [-0.4, -0.2) is 17.1 Å². The first kappa shape index (κ1) is 12.8. The van der Waals surface area contributed by atoms with E-state index in [1.165, 1.54) is 0 Å². The van der Waals surface area contributed by atoms with Gasteiger partial charge in [-0.05, 0) is 37.3 Å². The fraction of sp³-hybridized carbons (Fsp3) is 0.462. The fourth-order valence-electron chi connectivity index (χ4n) is 2.38. The van der Waals surface area contributed by atoms with E-state index >= 15 is 0 Å². The highest BCUT2D eigenvalue weighted by Crippen LogP contribution is 2.29. The van der Waals surface area contributed by atoms with Crippen LogP contribution in [-0.2, 0) is 0 Å². The van der Waals surface area contributed by atoms with Crippen molar-refractivity contribution in [1.29, 1.82) is 0 Å². The zero-order valence-corrected chi connectivity index (χ0v) is 10.0. The molecule has 2 rings (SSSR count). The van der Waals surface area contributed by atoms with Crippen LogP contribution >= 0.6 is 0 Å². The molecule has 0 bridgehead atoms. The number of benzene rings is 1. The third-order valence-corrected chi connectivity index (χ3v) is 3.33. The Balaban J connectivity index is 2.20. The highest BCUT2D eigenvalue weighted by atomic mass is 19.1. The second-order valence-electron chi connectivity index (χ2n) is 4.88. The lowest BCUT2D eigenvalue weighted by Crippen LogP contribution is -2.18. The smallest absolute Gasteiger partial charge is 0.335 e. The average molecular weight is 255 g/mol. The first-order chi connectivity index (χ1) is 8.47. The zero-order chi connectivity index (χ0) is 13.3. The van der Waals surface area contributed by atoms with Crippen molar-refractivity contribution in [2.75, 3.05) is 5.32 Å². The molecule has 2 N–H and O–H groups in total. The van der Waals surface area contributed by atoms with Crippen molar-refractivity contribution in [1.82, 2.24) is 0 Å². The van der Waals surface area contributed by atoms with Crippen molar-refractivity contribution >= 4 is 11.7 Å². The molecule has 1 aliphatic rings. The predicted octanol–water partition coefficient (Wildman–Crippen LogP) is 3.26. The number of halogens is 2.